The maximum atomic E-state index is 11.1. The van der Waals surface area contributed by atoms with E-state index in [1.165, 1.54) is 17.2 Å². The summed E-state index contributed by atoms with van der Waals surface area (Å²) < 4.78 is 0. The number of para-hydroxylation sites is 1. The third-order valence-corrected chi connectivity index (χ3v) is 4.20. The fourth-order valence-electron chi connectivity index (χ4n) is 2.83. The predicted octanol–water partition coefficient (Wildman–Crippen LogP) is 4.22. The summed E-state index contributed by atoms with van der Waals surface area (Å²) in [5.41, 5.74) is 3.12. The quantitative estimate of drug-likeness (QED) is 0.682. The van der Waals surface area contributed by atoms with Crippen LogP contribution in [-0.2, 0) is 12.8 Å². The van der Waals surface area contributed by atoms with Gasteiger partial charge in [0, 0.05) is 12.1 Å². The summed E-state index contributed by atoms with van der Waals surface area (Å²) in [5.74, 6) is 0. The number of nitrogens with zero attached hydrogens (tertiary/aromatic N) is 1. The minimum Gasteiger partial charge on any atom is -0.375 e. The van der Waals surface area contributed by atoms with Crippen LogP contribution in [0.1, 0.15) is 17.5 Å². The number of fused-ring (bicyclic) bond motifs is 1. The highest BCUT2D eigenvalue weighted by Gasteiger charge is 2.23. The zero-order chi connectivity index (χ0) is 14.8. The second kappa shape index (κ2) is 5.74. The standard InChI is InChI=1S/C16H15ClN2O2/c17-14-6-3-7-15(19(20)21)16(14)18-13-9-8-11-4-1-2-5-12(11)10-13/h1-7,13,18H,8-10H2. The van der Waals surface area contributed by atoms with Crippen LogP contribution in [0.15, 0.2) is 42.5 Å². The van der Waals surface area contributed by atoms with Gasteiger partial charge in [-0.2, -0.15) is 0 Å². The van der Waals surface area contributed by atoms with Crippen LogP contribution in [0, 0.1) is 10.1 Å². The highest BCUT2D eigenvalue weighted by molar-refractivity contribution is 6.33. The molecule has 1 atom stereocenters. The average Bonchev–Trinajstić information content (AvgIpc) is 2.49. The van der Waals surface area contributed by atoms with E-state index in [0.29, 0.717) is 10.7 Å². The first-order valence-corrected chi connectivity index (χ1v) is 7.29. The number of benzene rings is 2. The Labute approximate surface area is 127 Å². The molecule has 0 amide bonds. The highest BCUT2D eigenvalue weighted by atomic mass is 35.5. The number of nitro benzene ring substituents is 1. The SMILES string of the molecule is O=[N+]([O-])c1cccc(Cl)c1NC1CCc2ccccc2C1. The number of halogens is 1. The first-order valence-electron chi connectivity index (χ1n) is 6.91. The summed E-state index contributed by atoms with van der Waals surface area (Å²) in [4.78, 5) is 10.7. The molecule has 3 rings (SSSR count). The van der Waals surface area contributed by atoms with Crippen LogP contribution in [0.25, 0.3) is 0 Å². The minimum atomic E-state index is -0.398. The van der Waals surface area contributed by atoms with Crippen molar-refractivity contribution in [2.24, 2.45) is 0 Å². The molecule has 4 nitrogen and oxygen atoms in total. The minimum absolute atomic E-state index is 0.0290. The van der Waals surface area contributed by atoms with Gasteiger partial charge in [0.25, 0.3) is 5.69 Å². The largest absolute Gasteiger partial charge is 0.375 e. The van der Waals surface area contributed by atoms with Gasteiger partial charge in [0.1, 0.15) is 5.69 Å². The highest BCUT2D eigenvalue weighted by Crippen LogP contribution is 2.34. The van der Waals surface area contributed by atoms with Crippen molar-refractivity contribution in [3.05, 3.63) is 68.7 Å². The molecular formula is C16H15ClN2O2. The monoisotopic (exact) mass is 302 g/mol. The van der Waals surface area contributed by atoms with E-state index in [0.717, 1.165) is 19.3 Å². The predicted molar refractivity (Wildman–Crippen MR) is 84.0 cm³/mol. The molecule has 2 aromatic rings. The van der Waals surface area contributed by atoms with Crippen LogP contribution in [-0.4, -0.2) is 11.0 Å². The van der Waals surface area contributed by atoms with Gasteiger partial charge in [0.05, 0.1) is 9.95 Å². The third-order valence-electron chi connectivity index (χ3n) is 3.88. The fraction of sp³-hybridized carbons (Fsp3) is 0.250. The van der Waals surface area contributed by atoms with Crippen molar-refractivity contribution in [1.29, 1.82) is 0 Å². The van der Waals surface area contributed by atoms with Gasteiger partial charge in [-0.25, -0.2) is 0 Å². The topological polar surface area (TPSA) is 55.2 Å². The molecule has 1 aliphatic rings. The lowest BCUT2D eigenvalue weighted by Gasteiger charge is -2.26. The first-order chi connectivity index (χ1) is 10.1. The third kappa shape index (κ3) is 2.85. The lowest BCUT2D eigenvalue weighted by atomic mass is 9.88. The van der Waals surface area contributed by atoms with Crippen LogP contribution < -0.4 is 5.32 Å². The molecule has 2 aromatic carbocycles. The van der Waals surface area contributed by atoms with Gasteiger partial charge in [-0.3, -0.25) is 10.1 Å². The van der Waals surface area contributed by atoms with Gasteiger partial charge >= 0.3 is 0 Å². The van der Waals surface area contributed by atoms with Crippen molar-refractivity contribution in [2.75, 3.05) is 5.32 Å². The van der Waals surface area contributed by atoms with E-state index in [1.54, 1.807) is 12.1 Å². The Morgan fingerprint density at radius 3 is 2.67 bits per heavy atom. The first kappa shape index (κ1) is 13.9. The van der Waals surface area contributed by atoms with Crippen LogP contribution >= 0.6 is 11.6 Å². The Balaban J connectivity index is 1.84. The number of nitrogens with one attached hydrogen (secondary N) is 1. The summed E-state index contributed by atoms with van der Waals surface area (Å²) in [6.45, 7) is 0. The number of aryl methyl sites for hydroxylation is 1. The van der Waals surface area contributed by atoms with E-state index in [4.69, 9.17) is 11.6 Å². The molecule has 0 heterocycles. The van der Waals surface area contributed by atoms with E-state index in [9.17, 15) is 10.1 Å². The lowest BCUT2D eigenvalue weighted by molar-refractivity contribution is -0.384. The zero-order valence-electron chi connectivity index (χ0n) is 11.4. The number of hydrogen-bond acceptors (Lipinski definition) is 3. The van der Waals surface area contributed by atoms with Crippen LogP contribution in [0.2, 0.25) is 5.02 Å². The van der Waals surface area contributed by atoms with Crippen molar-refractivity contribution in [1.82, 2.24) is 0 Å². The van der Waals surface area contributed by atoms with E-state index in [1.807, 2.05) is 12.1 Å². The van der Waals surface area contributed by atoms with Crippen molar-refractivity contribution in [2.45, 2.75) is 25.3 Å². The Hall–Kier alpha value is -2.07. The molecule has 0 saturated heterocycles. The van der Waals surface area contributed by atoms with Gasteiger partial charge in [-0.15, -0.1) is 0 Å². The molecule has 0 bridgehead atoms. The van der Waals surface area contributed by atoms with E-state index >= 15 is 0 Å². The lowest BCUT2D eigenvalue weighted by Crippen LogP contribution is -2.27. The number of anilines is 1. The Bertz CT molecular complexity index is 688. The smallest absolute Gasteiger partial charge is 0.293 e. The van der Waals surface area contributed by atoms with Crippen molar-refractivity contribution >= 4 is 23.0 Å². The Morgan fingerprint density at radius 1 is 1.14 bits per heavy atom. The molecule has 0 aliphatic heterocycles. The van der Waals surface area contributed by atoms with Gasteiger partial charge in [-0.1, -0.05) is 41.9 Å². The zero-order valence-corrected chi connectivity index (χ0v) is 12.1. The Kier molecular flexibility index (Phi) is 3.80. The molecule has 1 N–H and O–H groups in total. The Morgan fingerprint density at radius 2 is 1.90 bits per heavy atom. The van der Waals surface area contributed by atoms with Crippen molar-refractivity contribution in [3.63, 3.8) is 0 Å². The van der Waals surface area contributed by atoms with E-state index < -0.39 is 4.92 Å². The van der Waals surface area contributed by atoms with Gasteiger partial charge in [0.15, 0.2) is 0 Å². The number of hydrogen-bond donors (Lipinski definition) is 1. The second-order valence-corrected chi connectivity index (χ2v) is 5.65. The molecular weight excluding hydrogens is 288 g/mol. The number of rotatable bonds is 3. The molecule has 0 fully saturated rings. The fourth-order valence-corrected chi connectivity index (χ4v) is 3.06. The maximum absolute atomic E-state index is 11.1. The molecule has 21 heavy (non-hydrogen) atoms. The summed E-state index contributed by atoms with van der Waals surface area (Å²) >= 11 is 6.13. The second-order valence-electron chi connectivity index (χ2n) is 5.24. The van der Waals surface area contributed by atoms with Gasteiger partial charge in [-0.05, 0) is 36.5 Å². The van der Waals surface area contributed by atoms with Crippen LogP contribution in [0.5, 0.6) is 0 Å². The molecule has 5 heteroatoms. The van der Waals surface area contributed by atoms with Gasteiger partial charge in [0.2, 0.25) is 0 Å². The van der Waals surface area contributed by atoms with E-state index in [2.05, 4.69) is 17.4 Å². The molecule has 1 unspecified atom stereocenters. The average molecular weight is 303 g/mol. The molecule has 0 saturated carbocycles. The molecule has 108 valence electrons. The molecule has 1 aliphatic carbocycles. The molecule has 0 spiro atoms. The summed E-state index contributed by atoms with van der Waals surface area (Å²) in [6, 6.07) is 13.2. The normalized spacial score (nSPS) is 17.1. The van der Waals surface area contributed by atoms with E-state index in [-0.39, 0.29) is 11.7 Å². The summed E-state index contributed by atoms with van der Waals surface area (Å²) in [5, 5.41) is 14.8. The summed E-state index contributed by atoms with van der Waals surface area (Å²) in [6.07, 6.45) is 2.78. The molecule has 0 radical (unpaired) electrons. The molecule has 0 aromatic heterocycles. The van der Waals surface area contributed by atoms with Crippen molar-refractivity contribution < 1.29 is 4.92 Å². The van der Waals surface area contributed by atoms with Gasteiger partial charge < -0.3 is 5.32 Å². The number of nitro groups is 1. The summed E-state index contributed by atoms with van der Waals surface area (Å²) in [7, 11) is 0. The van der Waals surface area contributed by atoms with Crippen molar-refractivity contribution in [3.8, 4) is 0 Å². The maximum Gasteiger partial charge on any atom is 0.293 e. The van der Waals surface area contributed by atoms with Crippen LogP contribution in [0.3, 0.4) is 0 Å². The van der Waals surface area contributed by atoms with Crippen LogP contribution in [0.4, 0.5) is 11.4 Å².